The molecule has 2 rings (SSSR count). The minimum atomic E-state index is 0.0921. The Morgan fingerprint density at radius 3 is 2.55 bits per heavy atom. The molecule has 3 nitrogen and oxygen atoms in total. The largest absolute Gasteiger partial charge is 0.296 e. The minimum Gasteiger partial charge on any atom is -0.296 e. The molecule has 0 aliphatic rings. The second-order valence-electron chi connectivity index (χ2n) is 4.95. The summed E-state index contributed by atoms with van der Waals surface area (Å²) in [6.45, 7) is 4.66. The first-order valence-corrected chi connectivity index (χ1v) is 9.10. The minimum absolute atomic E-state index is 0.0921. The molecule has 5 heteroatoms. The van der Waals surface area contributed by atoms with E-state index in [1.807, 2.05) is 19.1 Å². The Labute approximate surface area is 144 Å². The standard InChI is InChI=1S/C17H19BrN2OS/c1-3-20(16-9-8-15(18)10-19-16)17(21)12-22-11-14-6-4-13(2)5-7-14/h4-10H,3,11-12H2,1-2H3. The van der Waals surface area contributed by atoms with Crippen LogP contribution >= 0.6 is 27.7 Å². The van der Waals surface area contributed by atoms with E-state index in [0.29, 0.717) is 18.1 Å². The molecule has 0 saturated carbocycles. The number of anilines is 1. The molecule has 0 radical (unpaired) electrons. The summed E-state index contributed by atoms with van der Waals surface area (Å²) in [6.07, 6.45) is 1.71. The Hall–Kier alpha value is -1.33. The van der Waals surface area contributed by atoms with Gasteiger partial charge in [0.05, 0.1) is 5.75 Å². The van der Waals surface area contributed by atoms with Crippen molar-refractivity contribution < 1.29 is 4.79 Å². The van der Waals surface area contributed by atoms with Crippen LogP contribution in [-0.2, 0) is 10.5 Å². The number of carbonyl (C=O) groups is 1. The summed E-state index contributed by atoms with van der Waals surface area (Å²) in [6, 6.07) is 12.2. The molecule has 116 valence electrons. The smallest absolute Gasteiger partial charge is 0.238 e. The van der Waals surface area contributed by atoms with Gasteiger partial charge in [-0.05, 0) is 47.5 Å². The van der Waals surface area contributed by atoms with Crippen molar-refractivity contribution in [2.45, 2.75) is 19.6 Å². The first-order chi connectivity index (χ1) is 10.6. The molecule has 2 aromatic rings. The summed E-state index contributed by atoms with van der Waals surface area (Å²) in [7, 11) is 0. The average Bonchev–Trinajstić information content (AvgIpc) is 2.52. The highest BCUT2D eigenvalue weighted by Gasteiger charge is 2.14. The molecule has 1 aromatic heterocycles. The second-order valence-corrected chi connectivity index (χ2v) is 6.85. The molecule has 0 aliphatic carbocycles. The Morgan fingerprint density at radius 1 is 1.23 bits per heavy atom. The molecule has 0 spiro atoms. The predicted octanol–water partition coefficient (Wildman–Crippen LogP) is 4.44. The van der Waals surface area contributed by atoms with Gasteiger partial charge in [-0.2, -0.15) is 0 Å². The van der Waals surface area contributed by atoms with E-state index in [4.69, 9.17) is 0 Å². The quantitative estimate of drug-likeness (QED) is 0.744. The molecule has 0 aliphatic heterocycles. The molecule has 1 heterocycles. The summed E-state index contributed by atoms with van der Waals surface area (Å²) in [5.41, 5.74) is 2.50. The maximum absolute atomic E-state index is 12.4. The molecule has 0 bridgehead atoms. The zero-order valence-corrected chi connectivity index (χ0v) is 15.2. The van der Waals surface area contributed by atoms with Gasteiger partial charge in [-0.3, -0.25) is 9.69 Å². The number of nitrogens with zero attached hydrogens (tertiary/aromatic N) is 2. The maximum Gasteiger partial charge on any atom is 0.238 e. The van der Waals surface area contributed by atoms with Crippen molar-refractivity contribution in [2.75, 3.05) is 17.2 Å². The number of rotatable bonds is 6. The highest BCUT2D eigenvalue weighted by atomic mass is 79.9. The highest BCUT2D eigenvalue weighted by molar-refractivity contribution is 9.10. The van der Waals surface area contributed by atoms with Crippen LogP contribution in [0.3, 0.4) is 0 Å². The van der Waals surface area contributed by atoms with Gasteiger partial charge in [0.15, 0.2) is 0 Å². The second kappa shape index (κ2) is 8.34. The molecular weight excluding hydrogens is 360 g/mol. The van der Waals surface area contributed by atoms with Crippen molar-refractivity contribution in [3.8, 4) is 0 Å². The van der Waals surface area contributed by atoms with Gasteiger partial charge in [0.25, 0.3) is 0 Å². The van der Waals surface area contributed by atoms with Gasteiger partial charge in [0, 0.05) is 23.0 Å². The fraction of sp³-hybridized carbons (Fsp3) is 0.294. The molecule has 22 heavy (non-hydrogen) atoms. The van der Waals surface area contributed by atoms with Crippen molar-refractivity contribution in [2.24, 2.45) is 0 Å². The zero-order chi connectivity index (χ0) is 15.9. The van der Waals surface area contributed by atoms with Gasteiger partial charge in [-0.1, -0.05) is 29.8 Å². The van der Waals surface area contributed by atoms with Gasteiger partial charge < -0.3 is 0 Å². The number of amides is 1. The van der Waals surface area contributed by atoms with Gasteiger partial charge in [-0.25, -0.2) is 4.98 Å². The van der Waals surface area contributed by atoms with Crippen LogP contribution in [0.4, 0.5) is 5.82 Å². The summed E-state index contributed by atoms with van der Waals surface area (Å²) < 4.78 is 0.911. The molecule has 0 unspecified atom stereocenters. The summed E-state index contributed by atoms with van der Waals surface area (Å²) in [5.74, 6) is 2.10. The normalized spacial score (nSPS) is 10.5. The Bertz CT molecular complexity index is 614. The van der Waals surface area contributed by atoms with E-state index >= 15 is 0 Å². The predicted molar refractivity (Wildman–Crippen MR) is 97.3 cm³/mol. The van der Waals surface area contributed by atoms with E-state index in [1.165, 1.54) is 11.1 Å². The molecule has 1 amide bonds. The highest BCUT2D eigenvalue weighted by Crippen LogP contribution is 2.18. The number of aryl methyl sites for hydroxylation is 1. The zero-order valence-electron chi connectivity index (χ0n) is 12.8. The third-order valence-corrected chi connectivity index (χ3v) is 4.68. The number of halogens is 1. The van der Waals surface area contributed by atoms with Gasteiger partial charge in [0.1, 0.15) is 5.82 Å². The fourth-order valence-corrected chi connectivity index (χ4v) is 3.11. The van der Waals surface area contributed by atoms with Crippen molar-refractivity contribution in [3.63, 3.8) is 0 Å². The van der Waals surface area contributed by atoms with Gasteiger partial charge in [-0.15, -0.1) is 11.8 Å². The molecule has 0 saturated heterocycles. The van der Waals surface area contributed by atoms with E-state index in [2.05, 4.69) is 52.1 Å². The molecule has 0 fully saturated rings. The Morgan fingerprint density at radius 2 is 1.95 bits per heavy atom. The number of pyridine rings is 1. The van der Waals surface area contributed by atoms with Crippen LogP contribution < -0.4 is 4.90 Å². The van der Waals surface area contributed by atoms with Crippen molar-refractivity contribution in [1.29, 1.82) is 0 Å². The van der Waals surface area contributed by atoms with Crippen LogP contribution in [0, 0.1) is 6.92 Å². The maximum atomic E-state index is 12.4. The van der Waals surface area contributed by atoms with Crippen LogP contribution in [0.2, 0.25) is 0 Å². The van der Waals surface area contributed by atoms with Crippen LogP contribution in [0.15, 0.2) is 47.1 Å². The van der Waals surface area contributed by atoms with Crippen molar-refractivity contribution >= 4 is 39.4 Å². The number of aromatic nitrogens is 1. The third-order valence-electron chi connectivity index (χ3n) is 3.22. The topological polar surface area (TPSA) is 33.2 Å². The molecule has 0 N–H and O–H groups in total. The monoisotopic (exact) mass is 378 g/mol. The molecular formula is C17H19BrN2OS. The first kappa shape index (κ1) is 17.0. The number of thioether (sulfide) groups is 1. The molecule has 1 aromatic carbocycles. The number of carbonyl (C=O) groups excluding carboxylic acids is 1. The van der Waals surface area contributed by atoms with Crippen molar-refractivity contribution in [1.82, 2.24) is 4.98 Å². The number of hydrogen-bond acceptors (Lipinski definition) is 3. The van der Waals surface area contributed by atoms with Crippen LogP contribution in [0.5, 0.6) is 0 Å². The van der Waals surface area contributed by atoms with Crippen molar-refractivity contribution in [3.05, 3.63) is 58.2 Å². The Kier molecular flexibility index (Phi) is 6.46. The number of hydrogen-bond donors (Lipinski definition) is 0. The fourth-order valence-electron chi connectivity index (χ4n) is 2.01. The summed E-state index contributed by atoms with van der Waals surface area (Å²) in [4.78, 5) is 18.4. The molecule has 0 atom stereocenters. The van der Waals surface area contributed by atoms with Gasteiger partial charge in [0.2, 0.25) is 5.91 Å². The van der Waals surface area contributed by atoms with Crippen LogP contribution in [0.25, 0.3) is 0 Å². The SMILES string of the molecule is CCN(C(=O)CSCc1ccc(C)cc1)c1ccc(Br)cn1. The van der Waals surface area contributed by atoms with E-state index in [-0.39, 0.29) is 5.91 Å². The van der Waals surface area contributed by atoms with Crippen LogP contribution in [0.1, 0.15) is 18.1 Å². The summed E-state index contributed by atoms with van der Waals surface area (Å²) >= 11 is 4.99. The lowest BCUT2D eigenvalue weighted by molar-refractivity contribution is -0.116. The lowest BCUT2D eigenvalue weighted by Gasteiger charge is -2.19. The first-order valence-electron chi connectivity index (χ1n) is 7.15. The van der Waals surface area contributed by atoms with Gasteiger partial charge >= 0.3 is 0 Å². The third kappa shape index (κ3) is 4.85. The Balaban J connectivity index is 1.89. The van der Waals surface area contributed by atoms with Crippen LogP contribution in [-0.4, -0.2) is 23.2 Å². The van der Waals surface area contributed by atoms with E-state index < -0.39 is 0 Å². The number of benzene rings is 1. The lowest BCUT2D eigenvalue weighted by atomic mass is 10.2. The van der Waals surface area contributed by atoms with E-state index in [1.54, 1.807) is 22.9 Å². The van der Waals surface area contributed by atoms with E-state index in [9.17, 15) is 4.79 Å². The summed E-state index contributed by atoms with van der Waals surface area (Å²) in [5, 5.41) is 0. The van der Waals surface area contributed by atoms with E-state index in [0.717, 1.165) is 10.2 Å². The lowest BCUT2D eigenvalue weighted by Crippen LogP contribution is -2.32. The average molecular weight is 379 g/mol.